The predicted molar refractivity (Wildman–Crippen MR) is 70.8 cm³/mol. The Bertz CT molecular complexity index is 339. The standard InChI is InChI=1S/C14H23NO2/c1-11-5-6-12(2)14(9-11)17-8-7-15-13(3)10-16-4/h5-6,9,13,15H,7-8,10H2,1-4H3. The van der Waals surface area contributed by atoms with E-state index in [0.29, 0.717) is 12.6 Å². The highest BCUT2D eigenvalue weighted by atomic mass is 16.5. The molecular weight excluding hydrogens is 214 g/mol. The maximum absolute atomic E-state index is 5.74. The molecule has 3 heteroatoms. The Balaban J connectivity index is 2.28. The van der Waals surface area contributed by atoms with E-state index in [1.807, 2.05) is 0 Å². The number of methoxy groups -OCH3 is 1. The van der Waals surface area contributed by atoms with E-state index in [1.165, 1.54) is 11.1 Å². The molecule has 1 unspecified atom stereocenters. The van der Waals surface area contributed by atoms with Crippen molar-refractivity contribution in [1.82, 2.24) is 5.32 Å². The molecule has 0 fully saturated rings. The molecule has 0 saturated heterocycles. The predicted octanol–water partition coefficient (Wildman–Crippen LogP) is 2.31. The van der Waals surface area contributed by atoms with Crippen molar-refractivity contribution < 1.29 is 9.47 Å². The summed E-state index contributed by atoms with van der Waals surface area (Å²) in [4.78, 5) is 0. The van der Waals surface area contributed by atoms with E-state index in [4.69, 9.17) is 9.47 Å². The fraction of sp³-hybridized carbons (Fsp3) is 0.571. The summed E-state index contributed by atoms with van der Waals surface area (Å²) in [6, 6.07) is 6.63. The molecule has 1 aromatic rings. The van der Waals surface area contributed by atoms with Gasteiger partial charge in [0.15, 0.2) is 0 Å². The molecule has 0 spiro atoms. The number of aryl methyl sites for hydroxylation is 2. The average Bonchev–Trinajstić information content (AvgIpc) is 2.29. The Morgan fingerprint density at radius 3 is 2.76 bits per heavy atom. The van der Waals surface area contributed by atoms with Crippen LogP contribution in [0.5, 0.6) is 5.75 Å². The minimum Gasteiger partial charge on any atom is -0.492 e. The van der Waals surface area contributed by atoms with Crippen LogP contribution >= 0.6 is 0 Å². The lowest BCUT2D eigenvalue weighted by Gasteiger charge is -2.14. The second-order valence-electron chi connectivity index (χ2n) is 4.43. The zero-order valence-corrected chi connectivity index (χ0v) is 11.2. The van der Waals surface area contributed by atoms with Gasteiger partial charge in [-0.2, -0.15) is 0 Å². The van der Waals surface area contributed by atoms with Crippen LogP contribution in [0.25, 0.3) is 0 Å². The van der Waals surface area contributed by atoms with E-state index < -0.39 is 0 Å². The first-order chi connectivity index (χ1) is 8.13. The van der Waals surface area contributed by atoms with Crippen LogP contribution in [0.15, 0.2) is 18.2 Å². The molecule has 1 atom stereocenters. The molecule has 3 nitrogen and oxygen atoms in total. The Morgan fingerprint density at radius 1 is 1.29 bits per heavy atom. The molecule has 0 aromatic heterocycles. The quantitative estimate of drug-likeness (QED) is 0.738. The Hall–Kier alpha value is -1.06. The molecule has 96 valence electrons. The number of benzene rings is 1. The minimum atomic E-state index is 0.363. The Labute approximate surface area is 104 Å². The lowest BCUT2D eigenvalue weighted by Crippen LogP contribution is -2.33. The fourth-order valence-corrected chi connectivity index (χ4v) is 1.64. The third kappa shape index (κ3) is 5.20. The van der Waals surface area contributed by atoms with Crippen molar-refractivity contribution in [2.45, 2.75) is 26.8 Å². The van der Waals surface area contributed by atoms with Gasteiger partial charge >= 0.3 is 0 Å². The Morgan fingerprint density at radius 2 is 2.06 bits per heavy atom. The normalized spacial score (nSPS) is 12.5. The number of hydrogen-bond acceptors (Lipinski definition) is 3. The van der Waals surface area contributed by atoms with Crippen molar-refractivity contribution in [3.8, 4) is 5.75 Å². The first-order valence-electron chi connectivity index (χ1n) is 6.06. The van der Waals surface area contributed by atoms with Crippen molar-refractivity contribution in [3.05, 3.63) is 29.3 Å². The van der Waals surface area contributed by atoms with Gasteiger partial charge in [-0.05, 0) is 38.0 Å². The summed E-state index contributed by atoms with van der Waals surface area (Å²) in [7, 11) is 1.71. The first-order valence-corrected chi connectivity index (χ1v) is 6.06. The van der Waals surface area contributed by atoms with Gasteiger partial charge in [-0.25, -0.2) is 0 Å². The lowest BCUT2D eigenvalue weighted by molar-refractivity contribution is 0.169. The largest absolute Gasteiger partial charge is 0.492 e. The van der Waals surface area contributed by atoms with Gasteiger partial charge in [-0.3, -0.25) is 0 Å². The number of nitrogens with one attached hydrogen (secondary N) is 1. The number of rotatable bonds is 7. The van der Waals surface area contributed by atoms with Crippen LogP contribution in [0.3, 0.4) is 0 Å². The van der Waals surface area contributed by atoms with E-state index in [1.54, 1.807) is 7.11 Å². The van der Waals surface area contributed by atoms with E-state index in [2.05, 4.69) is 44.3 Å². The third-order valence-corrected chi connectivity index (χ3v) is 2.61. The molecular formula is C14H23NO2. The molecule has 0 heterocycles. The number of hydrogen-bond donors (Lipinski definition) is 1. The maximum Gasteiger partial charge on any atom is 0.122 e. The van der Waals surface area contributed by atoms with Gasteiger partial charge in [0.2, 0.25) is 0 Å². The molecule has 0 bridgehead atoms. The summed E-state index contributed by atoms with van der Waals surface area (Å²) in [5.41, 5.74) is 2.41. The molecule has 1 N–H and O–H groups in total. The zero-order chi connectivity index (χ0) is 12.7. The zero-order valence-electron chi connectivity index (χ0n) is 11.2. The van der Waals surface area contributed by atoms with Crippen LogP contribution in [0, 0.1) is 13.8 Å². The molecule has 0 aliphatic heterocycles. The van der Waals surface area contributed by atoms with Gasteiger partial charge in [0.1, 0.15) is 12.4 Å². The van der Waals surface area contributed by atoms with Crippen LogP contribution in [0.2, 0.25) is 0 Å². The topological polar surface area (TPSA) is 30.5 Å². The molecule has 17 heavy (non-hydrogen) atoms. The van der Waals surface area contributed by atoms with Gasteiger partial charge in [-0.1, -0.05) is 12.1 Å². The first kappa shape index (κ1) is 14.0. The lowest BCUT2D eigenvalue weighted by atomic mass is 10.1. The van der Waals surface area contributed by atoms with E-state index in [-0.39, 0.29) is 0 Å². The average molecular weight is 237 g/mol. The van der Waals surface area contributed by atoms with Crippen LogP contribution < -0.4 is 10.1 Å². The summed E-state index contributed by atoms with van der Waals surface area (Å²) in [5.74, 6) is 0.978. The summed E-state index contributed by atoms with van der Waals surface area (Å²) < 4.78 is 10.8. The van der Waals surface area contributed by atoms with Crippen molar-refractivity contribution >= 4 is 0 Å². The fourth-order valence-electron chi connectivity index (χ4n) is 1.64. The molecule has 0 aliphatic rings. The smallest absolute Gasteiger partial charge is 0.122 e. The summed E-state index contributed by atoms with van der Waals surface area (Å²) >= 11 is 0. The summed E-state index contributed by atoms with van der Waals surface area (Å²) in [5, 5.41) is 3.34. The third-order valence-electron chi connectivity index (χ3n) is 2.61. The van der Waals surface area contributed by atoms with Crippen molar-refractivity contribution in [2.75, 3.05) is 26.9 Å². The van der Waals surface area contributed by atoms with Crippen LogP contribution in [0.4, 0.5) is 0 Å². The van der Waals surface area contributed by atoms with Gasteiger partial charge in [-0.15, -0.1) is 0 Å². The van der Waals surface area contributed by atoms with Gasteiger partial charge in [0.05, 0.1) is 6.61 Å². The SMILES string of the molecule is COCC(C)NCCOc1cc(C)ccc1C. The minimum absolute atomic E-state index is 0.363. The van der Waals surface area contributed by atoms with Gasteiger partial charge < -0.3 is 14.8 Å². The molecule has 0 radical (unpaired) electrons. The second kappa shape index (κ2) is 7.30. The molecule has 1 rings (SSSR count). The summed E-state index contributed by atoms with van der Waals surface area (Å²) in [6.07, 6.45) is 0. The van der Waals surface area contributed by atoms with E-state index >= 15 is 0 Å². The van der Waals surface area contributed by atoms with Gasteiger partial charge in [0.25, 0.3) is 0 Å². The van der Waals surface area contributed by atoms with Crippen LogP contribution in [-0.4, -0.2) is 32.9 Å². The maximum atomic E-state index is 5.74. The monoisotopic (exact) mass is 237 g/mol. The molecule has 0 amide bonds. The van der Waals surface area contributed by atoms with Crippen molar-refractivity contribution in [3.63, 3.8) is 0 Å². The van der Waals surface area contributed by atoms with E-state index in [0.717, 1.165) is 18.9 Å². The highest BCUT2D eigenvalue weighted by Gasteiger charge is 2.01. The molecule has 0 aliphatic carbocycles. The summed E-state index contributed by atoms with van der Waals surface area (Å²) in [6.45, 7) is 8.47. The van der Waals surface area contributed by atoms with Crippen molar-refractivity contribution in [1.29, 1.82) is 0 Å². The van der Waals surface area contributed by atoms with Crippen molar-refractivity contribution in [2.24, 2.45) is 0 Å². The highest BCUT2D eigenvalue weighted by Crippen LogP contribution is 2.18. The molecule has 1 aromatic carbocycles. The van der Waals surface area contributed by atoms with Crippen LogP contribution in [-0.2, 0) is 4.74 Å². The second-order valence-corrected chi connectivity index (χ2v) is 4.43. The van der Waals surface area contributed by atoms with Gasteiger partial charge in [0, 0.05) is 19.7 Å². The Kier molecular flexibility index (Phi) is 6.01. The highest BCUT2D eigenvalue weighted by molar-refractivity contribution is 5.35. The number of ether oxygens (including phenoxy) is 2. The van der Waals surface area contributed by atoms with Crippen LogP contribution in [0.1, 0.15) is 18.1 Å². The van der Waals surface area contributed by atoms with E-state index in [9.17, 15) is 0 Å². The molecule has 0 saturated carbocycles.